The van der Waals surface area contributed by atoms with Gasteiger partial charge in [0.25, 0.3) is 6.71 Å². The van der Waals surface area contributed by atoms with Crippen molar-refractivity contribution in [2.45, 2.75) is 85.5 Å². The number of thiophene rings is 1. The monoisotopic (exact) mass is 718 g/mol. The lowest BCUT2D eigenvalue weighted by Crippen LogP contribution is -2.62. The summed E-state index contributed by atoms with van der Waals surface area (Å²) in [5.41, 5.74) is 23.0. The quantitative estimate of drug-likeness (QED) is 0.254. The molecule has 0 unspecified atom stereocenters. The molecule has 266 valence electrons. The van der Waals surface area contributed by atoms with Crippen molar-refractivity contribution in [3.8, 4) is 0 Å². The molecule has 0 fully saturated rings. The standard InChI is InChI=1S/C45H52B6N2S/c1-23-19-31-39-32(20-23)53(41-37(49)35(47)34(46)36(48)38(41)50)30-17-13-26(45(8,9)10)22-29(30)51(39)42-40(28-21-25(44(5,6)7)14-18-33(28)54-42)52(31)27-15-11-24(12-16-27)43(2,3)4/h11-22H,46-50H2,1-10H3. The normalized spacial score (nSPS) is 14.0. The van der Waals surface area contributed by atoms with Crippen LogP contribution in [0.2, 0.25) is 0 Å². The van der Waals surface area contributed by atoms with Crippen LogP contribution in [-0.2, 0) is 16.2 Å². The largest absolute Gasteiger partial charge is 0.313 e. The van der Waals surface area contributed by atoms with Crippen LogP contribution in [0.5, 0.6) is 0 Å². The smallest absolute Gasteiger partial charge is 0.264 e. The zero-order valence-electron chi connectivity index (χ0n) is 35.3. The molecule has 1 aromatic heterocycles. The summed E-state index contributed by atoms with van der Waals surface area (Å²) >= 11 is 1.99. The Labute approximate surface area is 333 Å². The minimum absolute atomic E-state index is 0.0131. The van der Waals surface area contributed by atoms with Gasteiger partial charge in [0, 0.05) is 43.3 Å². The fraction of sp³-hybridized carbons (Fsp3) is 0.289. The Bertz CT molecular complexity index is 2500. The van der Waals surface area contributed by atoms with Crippen LogP contribution in [0, 0.1) is 6.92 Å². The molecule has 2 nitrogen and oxygen atoms in total. The molecule has 2 aliphatic heterocycles. The second kappa shape index (κ2) is 12.3. The third-order valence-electron chi connectivity index (χ3n) is 12.7. The van der Waals surface area contributed by atoms with Gasteiger partial charge in [0.05, 0.1) is 5.69 Å². The summed E-state index contributed by atoms with van der Waals surface area (Å²) in [4.78, 5) is 5.27. The van der Waals surface area contributed by atoms with Gasteiger partial charge in [-0.1, -0.05) is 114 Å². The van der Waals surface area contributed by atoms with Gasteiger partial charge in [0.1, 0.15) is 39.2 Å². The molecule has 0 saturated heterocycles. The summed E-state index contributed by atoms with van der Waals surface area (Å²) in [5, 5.41) is 1.35. The Morgan fingerprint density at radius 2 is 1.02 bits per heavy atom. The molecular formula is C45H52B6N2S. The average molecular weight is 718 g/mol. The van der Waals surface area contributed by atoms with Gasteiger partial charge < -0.3 is 9.80 Å². The maximum Gasteiger partial charge on any atom is 0.264 e. The van der Waals surface area contributed by atoms with Crippen molar-refractivity contribution in [2.75, 3.05) is 9.80 Å². The molecule has 0 radical (unpaired) electrons. The summed E-state index contributed by atoms with van der Waals surface area (Å²) in [6, 6.07) is 29.0. The highest BCUT2D eigenvalue weighted by molar-refractivity contribution is 7.33. The van der Waals surface area contributed by atoms with Crippen molar-refractivity contribution in [1.82, 2.24) is 0 Å². The van der Waals surface area contributed by atoms with Gasteiger partial charge in [-0.15, -0.1) is 16.8 Å². The molecule has 0 saturated carbocycles. The van der Waals surface area contributed by atoms with E-state index in [2.05, 4.69) is 191 Å². The fourth-order valence-electron chi connectivity index (χ4n) is 8.99. The molecule has 54 heavy (non-hydrogen) atoms. The summed E-state index contributed by atoms with van der Waals surface area (Å²) in [6.07, 6.45) is 0. The van der Waals surface area contributed by atoms with Crippen LogP contribution in [-0.4, -0.2) is 45.9 Å². The molecule has 0 bridgehead atoms. The molecule has 0 amide bonds. The Hall–Kier alpha value is -3.95. The summed E-state index contributed by atoms with van der Waals surface area (Å²) < 4.78 is 2.79. The van der Waals surface area contributed by atoms with Crippen LogP contribution in [0.1, 0.15) is 84.6 Å². The predicted molar refractivity (Wildman–Crippen MR) is 258 cm³/mol. The second-order valence-electron chi connectivity index (χ2n) is 19.4. The molecular weight excluding hydrogens is 665 g/mol. The van der Waals surface area contributed by atoms with E-state index in [1.165, 1.54) is 109 Å². The highest BCUT2D eigenvalue weighted by Crippen LogP contribution is 2.48. The Morgan fingerprint density at radius 3 is 1.59 bits per heavy atom. The van der Waals surface area contributed by atoms with Gasteiger partial charge in [-0.2, -0.15) is 0 Å². The SMILES string of the molecule is Bc1c(B)c(B)c(N2c3ccc(C(C)(C)C)cc3B3c4sc5ccc(C(C)(C)C)cc5c4N(c4ccc(C(C)(C)C)cc4)c4cc(C)cc2c43)c(B)c1B. The topological polar surface area (TPSA) is 6.48 Å². The van der Waals surface area contributed by atoms with Crippen LogP contribution < -0.4 is 52.8 Å². The van der Waals surface area contributed by atoms with E-state index in [9.17, 15) is 0 Å². The maximum absolute atomic E-state index is 2.64. The van der Waals surface area contributed by atoms with E-state index >= 15 is 0 Å². The minimum atomic E-state index is 0.0131. The first-order valence-electron chi connectivity index (χ1n) is 19.8. The first-order chi connectivity index (χ1) is 25.2. The van der Waals surface area contributed by atoms with E-state index in [-0.39, 0.29) is 23.0 Å². The number of fused-ring (bicyclic) bond motifs is 6. The first kappa shape index (κ1) is 37.0. The van der Waals surface area contributed by atoms with E-state index < -0.39 is 0 Å². The number of hydrogen-bond acceptors (Lipinski definition) is 3. The van der Waals surface area contributed by atoms with E-state index in [4.69, 9.17) is 0 Å². The lowest BCUT2D eigenvalue weighted by atomic mass is 9.36. The van der Waals surface area contributed by atoms with Crippen LogP contribution >= 0.6 is 11.3 Å². The Balaban J connectivity index is 1.53. The molecule has 0 atom stereocenters. The highest BCUT2D eigenvalue weighted by Gasteiger charge is 2.46. The van der Waals surface area contributed by atoms with E-state index in [0.717, 1.165) is 0 Å². The lowest BCUT2D eigenvalue weighted by Gasteiger charge is -2.45. The van der Waals surface area contributed by atoms with Gasteiger partial charge in [-0.25, -0.2) is 0 Å². The van der Waals surface area contributed by atoms with Gasteiger partial charge in [-0.3, -0.25) is 0 Å². The predicted octanol–water partition coefficient (Wildman–Crippen LogP) is 2.48. The van der Waals surface area contributed by atoms with Crippen molar-refractivity contribution in [3.63, 3.8) is 0 Å². The molecule has 3 heterocycles. The summed E-state index contributed by atoms with van der Waals surface area (Å²) in [6.45, 7) is 23.3. The number of nitrogens with zero attached hydrogens (tertiary/aromatic N) is 2. The van der Waals surface area contributed by atoms with E-state index in [1.54, 1.807) is 0 Å². The van der Waals surface area contributed by atoms with Crippen molar-refractivity contribution in [3.05, 3.63) is 95.1 Å². The molecule has 0 N–H and O–H groups in total. The van der Waals surface area contributed by atoms with Gasteiger partial charge >= 0.3 is 0 Å². The van der Waals surface area contributed by atoms with Crippen LogP contribution in [0.4, 0.5) is 34.1 Å². The molecule has 0 spiro atoms. The second-order valence-corrected chi connectivity index (χ2v) is 20.5. The zero-order valence-corrected chi connectivity index (χ0v) is 36.1. The third kappa shape index (κ3) is 5.58. The summed E-state index contributed by atoms with van der Waals surface area (Å²) in [7, 11) is 11.6. The molecule has 9 heteroatoms. The third-order valence-corrected chi connectivity index (χ3v) is 13.9. The molecule has 0 aliphatic carbocycles. The number of benzene rings is 5. The highest BCUT2D eigenvalue weighted by atomic mass is 32.1. The fourth-order valence-corrected chi connectivity index (χ4v) is 10.3. The van der Waals surface area contributed by atoms with Gasteiger partial charge in [0.2, 0.25) is 0 Å². The number of anilines is 6. The first-order valence-corrected chi connectivity index (χ1v) is 20.6. The minimum Gasteiger partial charge on any atom is -0.313 e. The molecule has 5 aromatic carbocycles. The van der Waals surface area contributed by atoms with Gasteiger partial charge in [-0.05, 0) is 98.8 Å². The molecule has 8 rings (SSSR count). The van der Waals surface area contributed by atoms with Crippen molar-refractivity contribution >= 4 is 145 Å². The van der Waals surface area contributed by atoms with Crippen LogP contribution in [0.15, 0.2) is 72.8 Å². The zero-order chi connectivity index (χ0) is 39.0. The molecule has 6 aromatic rings. The van der Waals surface area contributed by atoms with Crippen molar-refractivity contribution < 1.29 is 0 Å². The van der Waals surface area contributed by atoms with Crippen LogP contribution in [0.25, 0.3) is 10.1 Å². The van der Waals surface area contributed by atoms with Crippen molar-refractivity contribution in [2.24, 2.45) is 0 Å². The van der Waals surface area contributed by atoms with E-state index in [1.807, 2.05) is 11.3 Å². The summed E-state index contributed by atoms with van der Waals surface area (Å²) in [5.74, 6) is 0. The number of rotatable bonds is 2. The van der Waals surface area contributed by atoms with Crippen molar-refractivity contribution in [1.29, 1.82) is 0 Å². The van der Waals surface area contributed by atoms with E-state index in [0.29, 0.717) is 0 Å². The number of aryl methyl sites for hydroxylation is 1. The number of hydrogen-bond donors (Lipinski definition) is 0. The average Bonchev–Trinajstić information content (AvgIpc) is 3.48. The Morgan fingerprint density at radius 1 is 0.519 bits per heavy atom. The maximum atomic E-state index is 2.64. The van der Waals surface area contributed by atoms with Crippen LogP contribution in [0.3, 0.4) is 0 Å². The molecule has 2 aliphatic rings. The Kier molecular flexibility index (Phi) is 8.41. The van der Waals surface area contributed by atoms with Gasteiger partial charge in [0.15, 0.2) is 0 Å². The lowest BCUT2D eigenvalue weighted by molar-refractivity contribution is 0.590.